The number of rotatable bonds is 3. The highest BCUT2D eigenvalue weighted by Crippen LogP contribution is 2.38. The quantitative estimate of drug-likeness (QED) is 0.708. The Morgan fingerprint density at radius 2 is 1.65 bits per heavy atom. The highest BCUT2D eigenvalue weighted by molar-refractivity contribution is 7.89. The number of primary sulfonamides is 1. The molecule has 2 aliphatic rings. The first kappa shape index (κ1) is 19.2. The normalized spacial score (nSPS) is 20.4. The van der Waals surface area contributed by atoms with Crippen molar-refractivity contribution in [2.24, 2.45) is 5.14 Å². The summed E-state index contributed by atoms with van der Waals surface area (Å²) in [5.74, 6) is 0. The van der Waals surface area contributed by atoms with E-state index in [1.165, 1.54) is 12.1 Å². The van der Waals surface area contributed by atoms with E-state index in [4.69, 9.17) is 39.9 Å². The van der Waals surface area contributed by atoms with E-state index in [9.17, 15) is 8.42 Å². The number of anilines is 1. The molecule has 2 heterocycles. The van der Waals surface area contributed by atoms with Crippen LogP contribution < -0.4 is 15.4 Å². The molecule has 140 valence electrons. The van der Waals surface area contributed by atoms with E-state index >= 15 is 0 Å². The molecule has 1 atom stereocenters. The van der Waals surface area contributed by atoms with Gasteiger partial charge in [0.15, 0.2) is 6.29 Å². The van der Waals surface area contributed by atoms with Crippen LogP contribution in [0.1, 0.15) is 0 Å². The van der Waals surface area contributed by atoms with Gasteiger partial charge in [0.2, 0.25) is 13.8 Å². The van der Waals surface area contributed by atoms with Crippen LogP contribution in [-0.4, -0.2) is 35.3 Å². The van der Waals surface area contributed by atoms with Crippen molar-refractivity contribution in [3.05, 3.63) is 61.0 Å². The molecule has 11 heteroatoms. The molecule has 1 aromatic rings. The lowest BCUT2D eigenvalue weighted by atomic mass is 10.3. The van der Waals surface area contributed by atoms with E-state index in [1.54, 1.807) is 18.3 Å². The molecule has 0 saturated carbocycles. The van der Waals surface area contributed by atoms with Gasteiger partial charge in [-0.3, -0.25) is 0 Å². The Morgan fingerprint density at radius 1 is 1.08 bits per heavy atom. The van der Waals surface area contributed by atoms with Gasteiger partial charge in [0, 0.05) is 43.7 Å². The zero-order chi connectivity index (χ0) is 19.1. The number of hydrogen-bond acceptors (Lipinski definition) is 6. The first-order valence-electron chi connectivity index (χ1n) is 7.38. The van der Waals surface area contributed by atoms with Crippen molar-refractivity contribution in [2.45, 2.75) is 15.0 Å². The van der Waals surface area contributed by atoms with Gasteiger partial charge in [-0.1, -0.05) is 34.8 Å². The summed E-state index contributed by atoms with van der Waals surface area (Å²) in [5, 5.41) is 8.31. The third-order valence-electron chi connectivity index (χ3n) is 3.82. The first-order chi connectivity index (χ1) is 12.1. The zero-order valence-corrected chi connectivity index (χ0v) is 16.6. The summed E-state index contributed by atoms with van der Waals surface area (Å²) in [6, 6.07) is 6.13. The minimum absolute atomic E-state index is 0.0231. The molecule has 0 bridgehead atoms. The molecule has 1 unspecified atom stereocenters. The first-order valence-corrected chi connectivity index (χ1v) is 10.1. The fourth-order valence-corrected chi connectivity index (χ4v) is 3.30. The number of nitrogens with two attached hydrogens (primary N) is 1. The van der Waals surface area contributed by atoms with E-state index in [-0.39, 0.29) is 4.90 Å². The average Bonchev–Trinajstić information content (AvgIpc) is 3.00. The molecule has 3 rings (SSSR count). The Bertz CT molecular complexity index is 864. The van der Waals surface area contributed by atoms with Crippen LogP contribution in [0.4, 0.5) is 5.69 Å². The van der Waals surface area contributed by atoms with Crippen molar-refractivity contribution in [3.8, 4) is 0 Å². The van der Waals surface area contributed by atoms with Crippen molar-refractivity contribution in [2.75, 3.05) is 11.9 Å². The number of sulfonamides is 1. The van der Waals surface area contributed by atoms with Crippen LogP contribution in [0.2, 0.25) is 0 Å². The lowest BCUT2D eigenvalue weighted by Gasteiger charge is -2.35. The monoisotopic (exact) mass is 435 g/mol. The summed E-state index contributed by atoms with van der Waals surface area (Å²) in [4.78, 5) is 5.62. The number of alkyl halides is 3. The lowest BCUT2D eigenvalue weighted by molar-refractivity contribution is 0.325. The van der Waals surface area contributed by atoms with Gasteiger partial charge < -0.3 is 20.0 Å². The molecular weight excluding hydrogens is 421 g/mol. The lowest BCUT2D eigenvalue weighted by Crippen LogP contribution is -2.48. The third-order valence-corrected chi connectivity index (χ3v) is 5.36. The van der Waals surface area contributed by atoms with Gasteiger partial charge in [-0.2, -0.15) is 0 Å². The second kappa shape index (κ2) is 6.86. The maximum Gasteiger partial charge on any atom is 0.238 e. The van der Waals surface area contributed by atoms with E-state index < -0.39 is 20.1 Å². The summed E-state index contributed by atoms with van der Waals surface area (Å²) in [6.45, 7) is 0. The van der Waals surface area contributed by atoms with Crippen LogP contribution in [-0.2, 0) is 10.0 Å². The van der Waals surface area contributed by atoms with Gasteiger partial charge in [-0.05, 0) is 24.3 Å². The highest BCUT2D eigenvalue weighted by atomic mass is 35.6. The number of nitrogens with zero attached hydrogens (tertiary/aromatic N) is 3. The van der Waals surface area contributed by atoms with Gasteiger partial charge in [0.25, 0.3) is 0 Å². The number of allylic oxidation sites excluding steroid dienone is 1. The maximum atomic E-state index is 11.4. The van der Waals surface area contributed by atoms with Crippen LogP contribution in [0.15, 0.2) is 65.9 Å². The van der Waals surface area contributed by atoms with Crippen molar-refractivity contribution in [1.82, 2.24) is 15.1 Å². The zero-order valence-electron chi connectivity index (χ0n) is 13.6. The fourth-order valence-electron chi connectivity index (χ4n) is 2.48. The van der Waals surface area contributed by atoms with E-state index in [0.29, 0.717) is 11.4 Å². The van der Waals surface area contributed by atoms with Gasteiger partial charge >= 0.3 is 0 Å². The van der Waals surface area contributed by atoms with Gasteiger partial charge in [-0.25, -0.2) is 13.6 Å². The molecule has 26 heavy (non-hydrogen) atoms. The number of halogens is 3. The largest absolute Gasteiger partial charge is 0.354 e. The average molecular weight is 437 g/mol. The Kier molecular flexibility index (Phi) is 5.06. The number of hydrogen-bond donors (Lipinski definition) is 2. The van der Waals surface area contributed by atoms with Gasteiger partial charge in [0.1, 0.15) is 0 Å². The summed E-state index contributed by atoms with van der Waals surface area (Å²) >= 11 is 18.1. The molecule has 0 radical (unpaired) electrons. The second-order valence-electron chi connectivity index (χ2n) is 5.71. The SMILES string of the molecule is CN1C=CN(C2NC(C(Cl)(Cl)Cl)=CN2c2ccc(S(N)(=O)=O)cc2)C=C1. The van der Waals surface area contributed by atoms with Crippen molar-refractivity contribution >= 4 is 50.5 Å². The summed E-state index contributed by atoms with van der Waals surface area (Å²) in [7, 11) is -1.86. The summed E-state index contributed by atoms with van der Waals surface area (Å²) in [6.07, 6.45) is 8.73. The van der Waals surface area contributed by atoms with Crippen LogP contribution in [0.5, 0.6) is 0 Å². The Hall–Kier alpha value is -1.58. The van der Waals surface area contributed by atoms with Crippen LogP contribution in [0.3, 0.4) is 0 Å². The number of benzene rings is 1. The van der Waals surface area contributed by atoms with E-state index in [2.05, 4.69) is 5.32 Å². The van der Waals surface area contributed by atoms with Crippen LogP contribution >= 0.6 is 34.8 Å². The minimum atomic E-state index is -3.77. The Labute approximate surface area is 166 Å². The maximum absolute atomic E-state index is 11.4. The molecule has 0 aliphatic carbocycles. The molecule has 1 aromatic carbocycles. The predicted octanol–water partition coefficient (Wildman–Crippen LogP) is 2.43. The minimum Gasteiger partial charge on any atom is -0.354 e. The summed E-state index contributed by atoms with van der Waals surface area (Å²) < 4.78 is 21.3. The highest BCUT2D eigenvalue weighted by Gasteiger charge is 2.37. The van der Waals surface area contributed by atoms with Crippen LogP contribution in [0, 0.1) is 0 Å². The van der Waals surface area contributed by atoms with E-state index in [0.717, 1.165) is 0 Å². The summed E-state index contributed by atoms with van der Waals surface area (Å²) in [5.41, 5.74) is 1.09. The fraction of sp³-hybridized carbons (Fsp3) is 0.200. The standard InChI is InChI=1S/C15H16Cl3N5O2S/c1-21-6-8-22(9-7-21)14-20-13(15(16,17)18)10-23(14)11-2-4-12(5-3-11)26(19,24)25/h2-10,14,20H,1H3,(H2,19,24,25). The third kappa shape index (κ3) is 4.05. The van der Waals surface area contributed by atoms with Crippen molar-refractivity contribution < 1.29 is 8.42 Å². The molecule has 0 fully saturated rings. The van der Waals surface area contributed by atoms with Crippen molar-refractivity contribution in [1.29, 1.82) is 0 Å². The molecular formula is C15H16Cl3N5O2S. The molecule has 2 aliphatic heterocycles. The predicted molar refractivity (Wildman–Crippen MR) is 103 cm³/mol. The van der Waals surface area contributed by atoms with Gasteiger partial charge in [0.05, 0.1) is 10.6 Å². The second-order valence-corrected chi connectivity index (χ2v) is 9.56. The molecule has 0 amide bonds. The van der Waals surface area contributed by atoms with Crippen LogP contribution in [0.25, 0.3) is 0 Å². The number of nitrogens with one attached hydrogen (secondary N) is 1. The Morgan fingerprint density at radius 3 is 2.15 bits per heavy atom. The smallest absolute Gasteiger partial charge is 0.238 e. The molecule has 0 saturated heterocycles. The Balaban J connectivity index is 1.95. The molecule has 0 spiro atoms. The van der Waals surface area contributed by atoms with Gasteiger partial charge in [-0.15, -0.1) is 0 Å². The van der Waals surface area contributed by atoms with E-state index in [1.807, 2.05) is 46.5 Å². The topological polar surface area (TPSA) is 81.9 Å². The molecule has 0 aromatic heterocycles. The molecule has 7 nitrogen and oxygen atoms in total. The van der Waals surface area contributed by atoms with Crippen molar-refractivity contribution in [3.63, 3.8) is 0 Å². The molecule has 3 N–H and O–H groups in total.